The van der Waals surface area contributed by atoms with Gasteiger partial charge in [0.05, 0.1) is 10.3 Å². The molecule has 3 aromatic rings. The van der Waals surface area contributed by atoms with Crippen LogP contribution in [0.4, 0.5) is 0 Å². The highest BCUT2D eigenvalue weighted by Gasteiger charge is 2.16. The first kappa shape index (κ1) is 12.9. The summed E-state index contributed by atoms with van der Waals surface area (Å²) in [6.45, 7) is 2.03. The van der Waals surface area contributed by atoms with Crippen molar-refractivity contribution in [1.29, 1.82) is 0 Å². The summed E-state index contributed by atoms with van der Waals surface area (Å²) >= 11 is 1.60. The molecule has 4 nitrogen and oxygen atoms in total. The van der Waals surface area contributed by atoms with Crippen LogP contribution >= 0.6 is 11.8 Å². The molecule has 0 aliphatic rings. The van der Waals surface area contributed by atoms with Crippen LogP contribution in [0.5, 0.6) is 0 Å². The molecule has 0 N–H and O–H groups in total. The lowest BCUT2D eigenvalue weighted by atomic mass is 10.2. The molecule has 0 amide bonds. The molecule has 2 heterocycles. The zero-order valence-electron chi connectivity index (χ0n) is 10.9. The molecule has 0 bridgehead atoms. The van der Waals surface area contributed by atoms with E-state index >= 15 is 0 Å². The molecule has 0 aliphatic carbocycles. The number of hydrogen-bond acceptors (Lipinski definition) is 5. The van der Waals surface area contributed by atoms with Gasteiger partial charge in [-0.2, -0.15) is 0 Å². The molecule has 3 rings (SSSR count). The van der Waals surface area contributed by atoms with Crippen LogP contribution in [0.2, 0.25) is 0 Å². The Kier molecular flexibility index (Phi) is 3.78. The average molecular weight is 283 g/mol. The molecule has 0 fully saturated rings. The molecule has 1 aromatic carbocycles. The van der Waals surface area contributed by atoms with Crippen LogP contribution in [0.1, 0.15) is 18.1 Å². The molecule has 0 radical (unpaired) electrons. The van der Waals surface area contributed by atoms with Gasteiger partial charge in [-0.1, -0.05) is 36.0 Å². The Balaban J connectivity index is 1.77. The second-order valence-corrected chi connectivity index (χ2v) is 5.60. The molecule has 5 heteroatoms. The van der Waals surface area contributed by atoms with Crippen molar-refractivity contribution in [1.82, 2.24) is 15.2 Å². The molecule has 1 atom stereocenters. The summed E-state index contributed by atoms with van der Waals surface area (Å²) in [7, 11) is 0. The van der Waals surface area contributed by atoms with Crippen molar-refractivity contribution in [3.63, 3.8) is 0 Å². The molecule has 100 valence electrons. The highest BCUT2D eigenvalue weighted by molar-refractivity contribution is 7.99. The Morgan fingerprint density at radius 3 is 2.55 bits per heavy atom. The summed E-state index contributed by atoms with van der Waals surface area (Å²) in [6.07, 6.45) is 1.78. The summed E-state index contributed by atoms with van der Waals surface area (Å²) in [4.78, 5) is 4.28. The van der Waals surface area contributed by atoms with Gasteiger partial charge in [0.15, 0.2) is 0 Å². The van der Waals surface area contributed by atoms with Crippen molar-refractivity contribution >= 4 is 11.8 Å². The largest absolute Gasteiger partial charge is 0.419 e. The summed E-state index contributed by atoms with van der Waals surface area (Å²) in [5.41, 5.74) is 0.932. The Hall–Kier alpha value is -2.14. The van der Waals surface area contributed by atoms with Gasteiger partial charge in [0, 0.05) is 11.8 Å². The van der Waals surface area contributed by atoms with Crippen molar-refractivity contribution in [2.75, 3.05) is 0 Å². The number of aromatic nitrogens is 3. The summed E-state index contributed by atoms with van der Waals surface area (Å²) in [6, 6.07) is 15.6. The van der Waals surface area contributed by atoms with Crippen molar-refractivity contribution in [2.45, 2.75) is 17.2 Å². The van der Waals surface area contributed by atoms with Gasteiger partial charge in [0.1, 0.15) is 0 Å². The highest BCUT2D eigenvalue weighted by atomic mass is 32.2. The minimum absolute atomic E-state index is 0.0647. The van der Waals surface area contributed by atoms with E-state index < -0.39 is 0 Å². The predicted molar refractivity (Wildman–Crippen MR) is 78.2 cm³/mol. The summed E-state index contributed by atoms with van der Waals surface area (Å²) < 4.78 is 5.73. The van der Waals surface area contributed by atoms with Gasteiger partial charge in [0.25, 0.3) is 0 Å². The Labute approximate surface area is 121 Å². The van der Waals surface area contributed by atoms with Crippen LogP contribution in [-0.4, -0.2) is 15.2 Å². The van der Waals surface area contributed by atoms with E-state index in [-0.39, 0.29) is 5.25 Å². The average Bonchev–Trinajstić information content (AvgIpc) is 2.99. The van der Waals surface area contributed by atoms with Gasteiger partial charge in [-0.15, -0.1) is 10.2 Å². The lowest BCUT2D eigenvalue weighted by Gasteiger charge is -2.04. The third kappa shape index (κ3) is 2.88. The van der Waals surface area contributed by atoms with Gasteiger partial charge >= 0.3 is 0 Å². The molecule has 0 saturated heterocycles. The van der Waals surface area contributed by atoms with Crippen LogP contribution < -0.4 is 0 Å². The molecule has 0 spiro atoms. The second-order valence-electron chi connectivity index (χ2n) is 4.24. The fourth-order valence-electron chi connectivity index (χ4n) is 1.74. The number of hydrogen-bond donors (Lipinski definition) is 0. The smallest absolute Gasteiger partial charge is 0.247 e. The molecule has 0 aliphatic heterocycles. The van der Waals surface area contributed by atoms with Crippen LogP contribution in [0.15, 0.2) is 64.2 Å². The molecule has 0 unspecified atom stereocenters. The Morgan fingerprint density at radius 1 is 1.00 bits per heavy atom. The number of thioether (sulfide) groups is 1. The Morgan fingerprint density at radius 2 is 1.80 bits per heavy atom. The van der Waals surface area contributed by atoms with E-state index in [2.05, 4.69) is 15.2 Å². The first-order chi connectivity index (χ1) is 9.83. The minimum Gasteiger partial charge on any atom is -0.419 e. The predicted octanol–water partition coefficient (Wildman–Crippen LogP) is 3.98. The summed E-state index contributed by atoms with van der Waals surface area (Å²) in [5.74, 6) is 1.16. The van der Waals surface area contributed by atoms with E-state index in [9.17, 15) is 0 Å². The Bertz CT molecular complexity index is 670. The first-order valence-electron chi connectivity index (χ1n) is 6.29. The first-order valence-corrected chi connectivity index (χ1v) is 7.17. The van der Waals surface area contributed by atoms with Crippen molar-refractivity contribution in [2.24, 2.45) is 0 Å². The van der Waals surface area contributed by atoms with Gasteiger partial charge in [-0.05, 0) is 31.2 Å². The number of nitrogens with zero attached hydrogens (tertiary/aromatic N) is 3. The molecule has 2 aromatic heterocycles. The topological polar surface area (TPSA) is 51.8 Å². The number of benzene rings is 1. The fraction of sp³-hybridized carbons (Fsp3) is 0.133. The zero-order valence-corrected chi connectivity index (χ0v) is 11.7. The van der Waals surface area contributed by atoms with Crippen molar-refractivity contribution < 1.29 is 4.42 Å². The number of rotatable bonds is 4. The fourth-order valence-corrected chi connectivity index (χ4v) is 2.58. The highest BCUT2D eigenvalue weighted by Crippen LogP contribution is 2.33. The van der Waals surface area contributed by atoms with Crippen LogP contribution in [0.25, 0.3) is 11.5 Å². The maximum Gasteiger partial charge on any atom is 0.247 e. The van der Waals surface area contributed by atoms with E-state index in [1.54, 1.807) is 18.0 Å². The zero-order chi connectivity index (χ0) is 13.8. The van der Waals surface area contributed by atoms with Crippen molar-refractivity contribution in [3.8, 4) is 11.5 Å². The molecule has 20 heavy (non-hydrogen) atoms. The van der Waals surface area contributed by atoms with Crippen LogP contribution in [-0.2, 0) is 0 Å². The molecule has 0 saturated carbocycles. The van der Waals surface area contributed by atoms with E-state index in [0.29, 0.717) is 11.8 Å². The van der Waals surface area contributed by atoms with Gasteiger partial charge in [-0.3, -0.25) is 0 Å². The van der Waals surface area contributed by atoms with Crippen LogP contribution in [0.3, 0.4) is 0 Å². The van der Waals surface area contributed by atoms with E-state index in [4.69, 9.17) is 4.42 Å². The third-order valence-electron chi connectivity index (χ3n) is 2.74. The van der Waals surface area contributed by atoms with Gasteiger partial charge in [-0.25, -0.2) is 4.98 Å². The van der Waals surface area contributed by atoms with E-state index in [1.807, 2.05) is 55.5 Å². The lowest BCUT2D eigenvalue weighted by molar-refractivity contribution is 0.509. The van der Waals surface area contributed by atoms with E-state index in [1.165, 1.54) is 0 Å². The van der Waals surface area contributed by atoms with Crippen molar-refractivity contribution in [3.05, 3.63) is 60.6 Å². The third-order valence-corrected chi connectivity index (χ3v) is 3.78. The molecular formula is C15H13N3OS. The molecular weight excluding hydrogens is 270 g/mol. The normalized spacial score (nSPS) is 12.2. The number of pyridine rings is 1. The van der Waals surface area contributed by atoms with Crippen LogP contribution in [0, 0.1) is 0 Å². The maximum atomic E-state index is 5.73. The standard InChI is InChI=1S/C15H13N3OS/c1-11(20-13-9-5-6-10-16-13)14-17-18-15(19-14)12-7-3-2-4-8-12/h2-11H,1H3/t11-/m0/s1. The van der Waals surface area contributed by atoms with E-state index in [0.717, 1.165) is 10.6 Å². The van der Waals surface area contributed by atoms with Gasteiger partial charge < -0.3 is 4.42 Å². The quantitative estimate of drug-likeness (QED) is 0.678. The monoisotopic (exact) mass is 283 g/mol. The SMILES string of the molecule is C[C@H](Sc1ccccn1)c1nnc(-c2ccccc2)o1. The second kappa shape index (κ2) is 5.88. The van der Waals surface area contributed by atoms with Gasteiger partial charge in [0.2, 0.25) is 11.8 Å². The summed E-state index contributed by atoms with van der Waals surface area (Å²) in [5, 5.41) is 9.23. The minimum atomic E-state index is 0.0647. The lowest BCUT2D eigenvalue weighted by Crippen LogP contribution is -1.89. The maximum absolute atomic E-state index is 5.73.